The van der Waals surface area contributed by atoms with Gasteiger partial charge in [0, 0.05) is 31.0 Å². The van der Waals surface area contributed by atoms with Gasteiger partial charge in [-0.15, -0.1) is 0 Å². The zero-order valence-corrected chi connectivity index (χ0v) is 12.1. The minimum Gasteiger partial charge on any atom is -0.398 e. The average Bonchev–Trinajstić information content (AvgIpc) is 2.42. The summed E-state index contributed by atoms with van der Waals surface area (Å²) in [6, 6.07) is 3.20. The summed E-state index contributed by atoms with van der Waals surface area (Å²) in [6.45, 7) is 8.60. The fourth-order valence-electron chi connectivity index (χ4n) is 2.64. The van der Waals surface area contributed by atoms with Crippen LogP contribution in [-0.4, -0.2) is 29.1 Å². The van der Waals surface area contributed by atoms with Gasteiger partial charge >= 0.3 is 0 Å². The van der Waals surface area contributed by atoms with Crippen molar-refractivity contribution in [1.29, 1.82) is 0 Å². The van der Waals surface area contributed by atoms with E-state index in [0.29, 0.717) is 11.1 Å². The van der Waals surface area contributed by atoms with Crippen LogP contribution in [-0.2, 0) is 6.54 Å². The van der Waals surface area contributed by atoms with Crippen molar-refractivity contribution in [3.8, 4) is 0 Å². The minimum absolute atomic E-state index is 0.0320. The molecule has 0 aromatic carbocycles. The molecule has 0 unspecified atom stereocenters. The van der Waals surface area contributed by atoms with Gasteiger partial charge in [0.2, 0.25) is 0 Å². The first-order valence-electron chi connectivity index (χ1n) is 7.21. The van der Waals surface area contributed by atoms with Gasteiger partial charge in [-0.1, -0.05) is 20.3 Å². The van der Waals surface area contributed by atoms with E-state index in [2.05, 4.69) is 18.7 Å². The third-order valence-corrected chi connectivity index (χ3v) is 4.58. The monoisotopic (exact) mass is 263 g/mol. The predicted octanol–water partition coefficient (Wildman–Crippen LogP) is 1.94. The lowest BCUT2D eigenvalue weighted by atomic mass is 9.78. The number of anilines is 1. The Hall–Kier alpha value is -1.29. The van der Waals surface area contributed by atoms with Crippen LogP contribution in [0.15, 0.2) is 23.1 Å². The molecule has 0 saturated carbocycles. The number of likely N-dealkylation sites (tertiary alicyclic amines) is 1. The molecular weight excluding hydrogens is 238 g/mol. The summed E-state index contributed by atoms with van der Waals surface area (Å²) >= 11 is 0. The number of piperidine rings is 1. The van der Waals surface area contributed by atoms with Gasteiger partial charge in [-0.3, -0.25) is 4.79 Å². The van der Waals surface area contributed by atoms with Crippen molar-refractivity contribution in [2.24, 2.45) is 5.41 Å². The minimum atomic E-state index is 0.0320. The van der Waals surface area contributed by atoms with Crippen LogP contribution in [0.2, 0.25) is 0 Å². The summed E-state index contributed by atoms with van der Waals surface area (Å²) in [6.07, 6.45) is 5.52. The van der Waals surface area contributed by atoms with Crippen molar-refractivity contribution in [3.05, 3.63) is 28.7 Å². The number of rotatable bonds is 4. The molecular formula is C15H25N3O. The standard InChI is InChI=1S/C15H25N3O/c1-3-15(2)6-8-17(9-7-15)10-11-18-12-13(16)4-5-14(18)19/h4-5,12H,3,6-11,16H2,1-2H3. The predicted molar refractivity (Wildman–Crippen MR) is 79.2 cm³/mol. The fraction of sp³-hybridized carbons (Fsp3) is 0.667. The fourth-order valence-corrected chi connectivity index (χ4v) is 2.64. The van der Waals surface area contributed by atoms with Crippen LogP contribution in [0.5, 0.6) is 0 Å². The molecule has 1 fully saturated rings. The first kappa shape index (κ1) is 14.1. The number of aromatic nitrogens is 1. The molecule has 106 valence electrons. The normalized spacial score (nSPS) is 19.5. The zero-order chi connectivity index (χ0) is 13.9. The molecule has 1 aliphatic heterocycles. The van der Waals surface area contributed by atoms with Crippen LogP contribution < -0.4 is 11.3 Å². The molecule has 2 heterocycles. The van der Waals surface area contributed by atoms with E-state index in [1.54, 1.807) is 22.9 Å². The lowest BCUT2D eigenvalue weighted by Gasteiger charge is -2.39. The van der Waals surface area contributed by atoms with Crippen LogP contribution in [0.4, 0.5) is 5.69 Å². The Balaban J connectivity index is 1.87. The highest BCUT2D eigenvalue weighted by Gasteiger charge is 2.27. The molecule has 2 rings (SSSR count). The largest absolute Gasteiger partial charge is 0.398 e. The molecule has 1 saturated heterocycles. The zero-order valence-electron chi connectivity index (χ0n) is 12.1. The lowest BCUT2D eigenvalue weighted by Crippen LogP contribution is -2.40. The third kappa shape index (κ3) is 3.60. The Labute approximate surface area is 115 Å². The summed E-state index contributed by atoms with van der Waals surface area (Å²) in [5.41, 5.74) is 6.92. The third-order valence-electron chi connectivity index (χ3n) is 4.58. The van der Waals surface area contributed by atoms with E-state index in [1.165, 1.54) is 19.3 Å². The number of hydrogen-bond acceptors (Lipinski definition) is 3. The second-order valence-corrected chi connectivity index (χ2v) is 6.00. The van der Waals surface area contributed by atoms with Gasteiger partial charge in [0.05, 0.1) is 0 Å². The maximum absolute atomic E-state index is 11.7. The molecule has 1 aromatic rings. The maximum atomic E-state index is 11.7. The molecule has 19 heavy (non-hydrogen) atoms. The molecule has 4 nitrogen and oxygen atoms in total. The van der Waals surface area contributed by atoms with Gasteiger partial charge in [0.25, 0.3) is 5.56 Å². The first-order valence-corrected chi connectivity index (χ1v) is 7.21. The Morgan fingerprint density at radius 2 is 1.95 bits per heavy atom. The lowest BCUT2D eigenvalue weighted by molar-refractivity contribution is 0.112. The van der Waals surface area contributed by atoms with Crippen LogP contribution >= 0.6 is 0 Å². The van der Waals surface area contributed by atoms with Crippen molar-refractivity contribution in [1.82, 2.24) is 9.47 Å². The summed E-state index contributed by atoms with van der Waals surface area (Å²) in [5.74, 6) is 0. The average molecular weight is 263 g/mol. The molecule has 0 spiro atoms. The van der Waals surface area contributed by atoms with Gasteiger partial charge in [0.1, 0.15) is 0 Å². The van der Waals surface area contributed by atoms with Crippen LogP contribution in [0, 0.1) is 5.41 Å². The van der Waals surface area contributed by atoms with Crippen molar-refractivity contribution in [2.75, 3.05) is 25.4 Å². The Morgan fingerprint density at radius 3 is 2.58 bits per heavy atom. The van der Waals surface area contributed by atoms with Gasteiger partial charge < -0.3 is 15.2 Å². The van der Waals surface area contributed by atoms with Crippen LogP contribution in [0.3, 0.4) is 0 Å². The molecule has 0 aliphatic carbocycles. The molecule has 0 amide bonds. The molecule has 2 N–H and O–H groups in total. The maximum Gasteiger partial charge on any atom is 0.250 e. The van der Waals surface area contributed by atoms with E-state index < -0.39 is 0 Å². The van der Waals surface area contributed by atoms with E-state index in [-0.39, 0.29) is 5.56 Å². The molecule has 0 bridgehead atoms. The van der Waals surface area contributed by atoms with E-state index in [9.17, 15) is 4.79 Å². The Morgan fingerprint density at radius 1 is 1.26 bits per heavy atom. The molecule has 0 radical (unpaired) electrons. The summed E-state index contributed by atoms with van der Waals surface area (Å²) < 4.78 is 1.71. The molecule has 0 atom stereocenters. The van der Waals surface area contributed by atoms with Crippen LogP contribution in [0.1, 0.15) is 33.1 Å². The number of nitrogens with zero attached hydrogens (tertiary/aromatic N) is 2. The summed E-state index contributed by atoms with van der Waals surface area (Å²) in [5, 5.41) is 0. The van der Waals surface area contributed by atoms with Gasteiger partial charge in [-0.25, -0.2) is 0 Å². The van der Waals surface area contributed by atoms with Gasteiger partial charge in [-0.2, -0.15) is 0 Å². The number of pyridine rings is 1. The highest BCUT2D eigenvalue weighted by atomic mass is 16.1. The number of nitrogens with two attached hydrogens (primary N) is 1. The number of nitrogen functional groups attached to an aromatic ring is 1. The van der Waals surface area contributed by atoms with Gasteiger partial charge in [0.15, 0.2) is 0 Å². The van der Waals surface area contributed by atoms with Crippen molar-refractivity contribution < 1.29 is 0 Å². The van der Waals surface area contributed by atoms with E-state index in [4.69, 9.17) is 5.73 Å². The van der Waals surface area contributed by atoms with E-state index in [0.717, 1.165) is 26.2 Å². The van der Waals surface area contributed by atoms with E-state index in [1.807, 2.05) is 0 Å². The Bertz CT molecular complexity index is 473. The van der Waals surface area contributed by atoms with Crippen molar-refractivity contribution in [3.63, 3.8) is 0 Å². The quantitative estimate of drug-likeness (QED) is 0.903. The van der Waals surface area contributed by atoms with E-state index >= 15 is 0 Å². The summed E-state index contributed by atoms with van der Waals surface area (Å²) in [4.78, 5) is 14.1. The van der Waals surface area contributed by atoms with Crippen LogP contribution in [0.25, 0.3) is 0 Å². The molecule has 4 heteroatoms. The van der Waals surface area contributed by atoms with Gasteiger partial charge in [-0.05, 0) is 37.4 Å². The molecule has 1 aromatic heterocycles. The number of hydrogen-bond donors (Lipinski definition) is 1. The second-order valence-electron chi connectivity index (χ2n) is 6.00. The first-order chi connectivity index (χ1) is 9.02. The molecule has 1 aliphatic rings. The SMILES string of the molecule is CCC1(C)CCN(CCn2cc(N)ccc2=O)CC1. The highest BCUT2D eigenvalue weighted by molar-refractivity contribution is 5.33. The second kappa shape index (κ2) is 5.78. The summed E-state index contributed by atoms with van der Waals surface area (Å²) in [7, 11) is 0. The smallest absolute Gasteiger partial charge is 0.250 e. The topological polar surface area (TPSA) is 51.3 Å². The Kier molecular flexibility index (Phi) is 4.30. The van der Waals surface area contributed by atoms with Crippen molar-refractivity contribution in [2.45, 2.75) is 39.7 Å². The van der Waals surface area contributed by atoms with Crippen molar-refractivity contribution >= 4 is 5.69 Å². The highest BCUT2D eigenvalue weighted by Crippen LogP contribution is 2.33.